The Hall–Kier alpha value is -1.42. The molecule has 2 aromatic rings. The third-order valence-electron chi connectivity index (χ3n) is 2.95. The lowest BCUT2D eigenvalue weighted by Gasteiger charge is -2.13. The Kier molecular flexibility index (Phi) is 7.37. The lowest BCUT2D eigenvalue weighted by molar-refractivity contribution is 0.284. The monoisotopic (exact) mass is 327 g/mol. The van der Waals surface area contributed by atoms with Gasteiger partial charge in [-0.1, -0.05) is 35.9 Å². The molecule has 0 aliphatic carbocycles. The van der Waals surface area contributed by atoms with Gasteiger partial charge in [-0.3, -0.25) is 0 Å². The van der Waals surface area contributed by atoms with Crippen LogP contribution in [0.1, 0.15) is 11.1 Å². The van der Waals surface area contributed by atoms with Crippen molar-refractivity contribution >= 4 is 24.0 Å². The lowest BCUT2D eigenvalue weighted by Crippen LogP contribution is -2.05. The second-order valence-electron chi connectivity index (χ2n) is 4.40. The maximum absolute atomic E-state index is 6.11. The van der Waals surface area contributed by atoms with Crippen molar-refractivity contribution in [3.05, 3.63) is 58.6 Å². The smallest absolute Gasteiger partial charge is 0.161 e. The molecule has 0 saturated carbocycles. The molecule has 1 N–H and O–H groups in total. The maximum atomic E-state index is 6.11. The van der Waals surface area contributed by atoms with Gasteiger partial charge >= 0.3 is 0 Å². The van der Waals surface area contributed by atoms with Crippen molar-refractivity contribution in [1.82, 2.24) is 5.32 Å². The number of methoxy groups -OCH3 is 1. The number of hydrogen-bond donors (Lipinski definition) is 1. The van der Waals surface area contributed by atoms with Crippen LogP contribution in [0.15, 0.2) is 42.5 Å². The van der Waals surface area contributed by atoms with E-state index in [9.17, 15) is 0 Å². The summed E-state index contributed by atoms with van der Waals surface area (Å²) < 4.78 is 11.2. The van der Waals surface area contributed by atoms with Gasteiger partial charge in [-0.2, -0.15) is 0 Å². The van der Waals surface area contributed by atoms with Gasteiger partial charge in [0.1, 0.15) is 6.61 Å². The summed E-state index contributed by atoms with van der Waals surface area (Å²) in [5, 5.41) is 3.81. The van der Waals surface area contributed by atoms with Crippen LogP contribution >= 0.6 is 24.0 Å². The van der Waals surface area contributed by atoms with E-state index < -0.39 is 0 Å². The van der Waals surface area contributed by atoms with Gasteiger partial charge in [0.2, 0.25) is 0 Å². The van der Waals surface area contributed by atoms with E-state index in [1.807, 2.05) is 49.5 Å². The number of nitrogens with one attached hydrogen (secondary N) is 1. The molecule has 0 atom stereocenters. The third-order valence-corrected chi connectivity index (χ3v) is 3.32. The molecule has 0 aliphatic heterocycles. The van der Waals surface area contributed by atoms with E-state index in [0.29, 0.717) is 17.4 Å². The van der Waals surface area contributed by atoms with Gasteiger partial charge in [0.25, 0.3) is 0 Å². The van der Waals surface area contributed by atoms with Crippen LogP contribution < -0.4 is 14.8 Å². The SMILES string of the molecule is CNCc1ccc(OCc2ccccc2Cl)c(OC)c1.Cl. The van der Waals surface area contributed by atoms with E-state index in [-0.39, 0.29) is 12.4 Å². The number of halogens is 2. The van der Waals surface area contributed by atoms with Crippen LogP contribution in [0.5, 0.6) is 11.5 Å². The molecule has 21 heavy (non-hydrogen) atoms. The highest BCUT2D eigenvalue weighted by molar-refractivity contribution is 6.31. The number of rotatable bonds is 6. The minimum atomic E-state index is 0. The fourth-order valence-electron chi connectivity index (χ4n) is 1.92. The highest BCUT2D eigenvalue weighted by Crippen LogP contribution is 2.29. The molecule has 0 saturated heterocycles. The van der Waals surface area contributed by atoms with Gasteiger partial charge in [-0.25, -0.2) is 0 Å². The van der Waals surface area contributed by atoms with Crippen molar-refractivity contribution in [2.45, 2.75) is 13.2 Å². The highest BCUT2D eigenvalue weighted by atomic mass is 35.5. The van der Waals surface area contributed by atoms with Gasteiger partial charge in [0.05, 0.1) is 7.11 Å². The van der Waals surface area contributed by atoms with E-state index in [1.54, 1.807) is 7.11 Å². The van der Waals surface area contributed by atoms with Crippen molar-refractivity contribution < 1.29 is 9.47 Å². The Balaban J connectivity index is 0.00000220. The molecular formula is C16H19Cl2NO2. The van der Waals surface area contributed by atoms with Gasteiger partial charge in [-0.05, 0) is 30.8 Å². The van der Waals surface area contributed by atoms with E-state index in [2.05, 4.69) is 5.32 Å². The van der Waals surface area contributed by atoms with Crippen molar-refractivity contribution in [3.63, 3.8) is 0 Å². The molecule has 0 heterocycles. The Morgan fingerprint density at radius 3 is 2.52 bits per heavy atom. The van der Waals surface area contributed by atoms with E-state index in [1.165, 1.54) is 0 Å². The summed E-state index contributed by atoms with van der Waals surface area (Å²) in [5.74, 6) is 1.44. The zero-order valence-corrected chi connectivity index (χ0v) is 13.6. The summed E-state index contributed by atoms with van der Waals surface area (Å²) in [5.41, 5.74) is 2.10. The average Bonchev–Trinajstić information content (AvgIpc) is 2.47. The van der Waals surface area contributed by atoms with Crippen LogP contribution in [0, 0.1) is 0 Å². The molecule has 0 bridgehead atoms. The van der Waals surface area contributed by atoms with Crippen molar-refractivity contribution in [3.8, 4) is 11.5 Å². The van der Waals surface area contributed by atoms with Crippen LogP contribution in [-0.4, -0.2) is 14.2 Å². The van der Waals surface area contributed by atoms with Crippen molar-refractivity contribution in [2.75, 3.05) is 14.2 Å². The van der Waals surface area contributed by atoms with Crippen molar-refractivity contribution in [1.29, 1.82) is 0 Å². The van der Waals surface area contributed by atoms with E-state index in [0.717, 1.165) is 23.4 Å². The molecule has 2 aromatic carbocycles. The first-order chi connectivity index (χ1) is 9.74. The molecule has 0 aliphatic rings. The normalized spacial score (nSPS) is 9.86. The van der Waals surface area contributed by atoms with Crippen LogP contribution in [-0.2, 0) is 13.2 Å². The summed E-state index contributed by atoms with van der Waals surface area (Å²) in [6.07, 6.45) is 0. The first-order valence-electron chi connectivity index (χ1n) is 6.42. The fraction of sp³-hybridized carbons (Fsp3) is 0.250. The van der Waals surface area contributed by atoms with Crippen LogP contribution in [0.25, 0.3) is 0 Å². The third kappa shape index (κ3) is 4.81. The van der Waals surface area contributed by atoms with Gasteiger partial charge in [0.15, 0.2) is 11.5 Å². The number of benzene rings is 2. The predicted octanol–water partition coefficient (Wildman–Crippen LogP) is 4.07. The summed E-state index contributed by atoms with van der Waals surface area (Å²) in [6.45, 7) is 1.21. The van der Waals surface area contributed by atoms with Crippen LogP contribution in [0.4, 0.5) is 0 Å². The molecule has 114 valence electrons. The first-order valence-corrected chi connectivity index (χ1v) is 6.80. The molecule has 0 radical (unpaired) electrons. The minimum absolute atomic E-state index is 0. The molecule has 2 rings (SSSR count). The Morgan fingerprint density at radius 2 is 1.86 bits per heavy atom. The largest absolute Gasteiger partial charge is 0.493 e. The highest BCUT2D eigenvalue weighted by Gasteiger charge is 2.07. The maximum Gasteiger partial charge on any atom is 0.161 e. The van der Waals surface area contributed by atoms with Gasteiger partial charge < -0.3 is 14.8 Å². The molecule has 0 amide bonds. The molecule has 5 heteroatoms. The first kappa shape index (κ1) is 17.6. The van der Waals surface area contributed by atoms with E-state index >= 15 is 0 Å². The predicted molar refractivity (Wildman–Crippen MR) is 88.8 cm³/mol. The summed E-state index contributed by atoms with van der Waals surface area (Å²) in [7, 11) is 3.55. The van der Waals surface area contributed by atoms with Crippen LogP contribution in [0.2, 0.25) is 5.02 Å². The quantitative estimate of drug-likeness (QED) is 0.867. The molecular weight excluding hydrogens is 309 g/mol. The molecule has 0 aromatic heterocycles. The zero-order chi connectivity index (χ0) is 14.4. The van der Waals surface area contributed by atoms with Gasteiger partial charge in [0, 0.05) is 17.1 Å². The topological polar surface area (TPSA) is 30.5 Å². The second-order valence-corrected chi connectivity index (χ2v) is 4.80. The zero-order valence-electron chi connectivity index (χ0n) is 12.1. The number of ether oxygens (including phenoxy) is 2. The lowest BCUT2D eigenvalue weighted by atomic mass is 10.2. The standard InChI is InChI=1S/C16H18ClNO2.ClH/c1-18-10-12-7-8-15(16(9-12)19-2)20-11-13-5-3-4-6-14(13)17;/h3-9,18H,10-11H2,1-2H3;1H. The summed E-state index contributed by atoms with van der Waals surface area (Å²) in [4.78, 5) is 0. The Labute approximate surface area is 136 Å². The average molecular weight is 328 g/mol. The minimum Gasteiger partial charge on any atom is -0.493 e. The molecule has 0 spiro atoms. The van der Waals surface area contributed by atoms with Crippen molar-refractivity contribution in [2.24, 2.45) is 0 Å². The van der Waals surface area contributed by atoms with E-state index in [4.69, 9.17) is 21.1 Å². The molecule has 0 fully saturated rings. The summed E-state index contributed by atoms with van der Waals surface area (Å²) >= 11 is 6.11. The number of hydrogen-bond acceptors (Lipinski definition) is 3. The van der Waals surface area contributed by atoms with Crippen LogP contribution in [0.3, 0.4) is 0 Å². The Bertz CT molecular complexity index is 576. The summed E-state index contributed by atoms with van der Waals surface area (Å²) in [6, 6.07) is 13.6. The molecule has 0 unspecified atom stereocenters. The molecule has 3 nitrogen and oxygen atoms in total. The second kappa shape index (κ2) is 8.78. The Morgan fingerprint density at radius 1 is 1.10 bits per heavy atom. The fourth-order valence-corrected chi connectivity index (χ4v) is 2.11. The van der Waals surface area contributed by atoms with Gasteiger partial charge in [-0.15, -0.1) is 12.4 Å².